The highest BCUT2D eigenvalue weighted by Gasteiger charge is 2.60. The highest BCUT2D eigenvalue weighted by Crippen LogP contribution is 2.53. The number of nitrogens with one attached hydrogen (secondary N) is 1. The number of carboxylic acids is 1. The monoisotopic (exact) mass is 557 g/mol. The van der Waals surface area contributed by atoms with E-state index in [2.05, 4.69) is 45.7 Å². The molecule has 10 heteroatoms. The first-order chi connectivity index (χ1) is 17.7. The van der Waals surface area contributed by atoms with E-state index in [4.69, 9.17) is 29.1 Å². The number of amides is 1. The van der Waals surface area contributed by atoms with Crippen molar-refractivity contribution in [3.63, 3.8) is 0 Å². The molecule has 0 aromatic carbocycles. The topological polar surface area (TPSA) is 113 Å². The molecule has 2 aliphatic heterocycles. The van der Waals surface area contributed by atoms with E-state index in [1.165, 1.54) is 0 Å². The summed E-state index contributed by atoms with van der Waals surface area (Å²) in [5.74, 6) is -2.61. The molecule has 2 unspecified atom stereocenters. The molecule has 2 heterocycles. The zero-order valence-corrected chi connectivity index (χ0v) is 25.6. The van der Waals surface area contributed by atoms with Crippen LogP contribution in [0.4, 0.5) is 0 Å². The molecule has 3 fully saturated rings. The van der Waals surface area contributed by atoms with Gasteiger partial charge in [0, 0.05) is 43.1 Å². The molecule has 0 aromatic rings. The van der Waals surface area contributed by atoms with Crippen molar-refractivity contribution in [1.29, 1.82) is 0 Å². The van der Waals surface area contributed by atoms with Crippen LogP contribution in [0.25, 0.3) is 0 Å². The lowest BCUT2D eigenvalue weighted by Crippen LogP contribution is -2.55. The molecule has 1 aliphatic carbocycles. The van der Waals surface area contributed by atoms with Gasteiger partial charge >= 0.3 is 5.97 Å². The van der Waals surface area contributed by atoms with Crippen molar-refractivity contribution in [3.8, 4) is 0 Å². The Morgan fingerprint density at radius 1 is 1.03 bits per heavy atom. The number of carboxylic acid groups (broad SMARTS) is 1. The molecule has 220 valence electrons. The maximum absolute atomic E-state index is 13.0. The van der Waals surface area contributed by atoms with Crippen LogP contribution >= 0.6 is 0 Å². The summed E-state index contributed by atoms with van der Waals surface area (Å²) in [6, 6.07) is 0. The van der Waals surface area contributed by atoms with Crippen LogP contribution in [0.15, 0.2) is 0 Å². The minimum atomic E-state index is -1.84. The molecule has 1 spiro atoms. The van der Waals surface area contributed by atoms with Gasteiger partial charge in [0.1, 0.15) is 8.07 Å². The van der Waals surface area contributed by atoms with Crippen LogP contribution in [0.2, 0.25) is 19.6 Å². The number of ether oxygens (including phenoxy) is 3. The van der Waals surface area contributed by atoms with Crippen molar-refractivity contribution in [1.82, 2.24) is 5.32 Å². The van der Waals surface area contributed by atoms with Crippen LogP contribution in [-0.2, 0) is 33.6 Å². The fourth-order valence-corrected chi connectivity index (χ4v) is 6.57. The molecule has 3 aliphatic rings. The summed E-state index contributed by atoms with van der Waals surface area (Å²) in [6.45, 7) is 17.0. The van der Waals surface area contributed by atoms with Gasteiger partial charge in [-0.15, -0.1) is 0 Å². The van der Waals surface area contributed by atoms with Gasteiger partial charge in [-0.05, 0) is 44.9 Å². The predicted octanol–water partition coefficient (Wildman–Crippen LogP) is 5.25. The van der Waals surface area contributed by atoms with Gasteiger partial charge in [-0.2, -0.15) is 4.89 Å². The van der Waals surface area contributed by atoms with Gasteiger partial charge < -0.3 is 24.6 Å². The van der Waals surface area contributed by atoms with E-state index in [1.54, 1.807) is 0 Å². The maximum Gasteiger partial charge on any atom is 0.303 e. The van der Waals surface area contributed by atoms with Gasteiger partial charge in [0.2, 0.25) is 11.7 Å². The van der Waals surface area contributed by atoms with Gasteiger partial charge in [-0.25, -0.2) is 4.89 Å². The quantitative estimate of drug-likeness (QED) is 0.190. The first kappa shape index (κ1) is 31.5. The Hall–Kier alpha value is -1.04. The van der Waals surface area contributed by atoms with Crippen molar-refractivity contribution >= 4 is 20.0 Å². The van der Waals surface area contributed by atoms with Crippen LogP contribution in [0.5, 0.6) is 0 Å². The Bertz CT molecular complexity index is 805. The first-order valence-corrected chi connectivity index (χ1v) is 18.0. The van der Waals surface area contributed by atoms with E-state index in [0.29, 0.717) is 44.9 Å². The molecule has 0 aromatic heterocycles. The summed E-state index contributed by atoms with van der Waals surface area (Å²) in [4.78, 5) is 35.8. The van der Waals surface area contributed by atoms with Gasteiger partial charge in [0.25, 0.3) is 0 Å². The van der Waals surface area contributed by atoms with Crippen LogP contribution in [0.1, 0.15) is 85.5 Å². The standard InChI is InChI=1S/C28H51NO8Si/c1-20-12-13-21(17-23(30)29-16-10-8-9-11-24(31)32)28(35-25(36-37-28)38(5,6)7)22(20)14-15-27(4)33-18-26(2,3)19-34-27/h20-22,25H,8-19H2,1-7H3,(H,29,30)(H,31,32)/t20-,21+,22+,25?,28?/m1/s1. The fraction of sp³-hybridized carbons (Fsp3) is 0.929. The number of unbranched alkanes of at least 4 members (excludes halogenated alkanes) is 2. The van der Waals surface area contributed by atoms with Crippen LogP contribution in [-0.4, -0.2) is 62.3 Å². The zero-order chi connectivity index (χ0) is 28.2. The van der Waals surface area contributed by atoms with Crippen LogP contribution in [0, 0.1) is 23.2 Å². The molecule has 3 rings (SSSR count). The van der Waals surface area contributed by atoms with Crippen LogP contribution in [0.3, 0.4) is 0 Å². The molecule has 38 heavy (non-hydrogen) atoms. The summed E-state index contributed by atoms with van der Waals surface area (Å²) < 4.78 is 19.1. The van der Waals surface area contributed by atoms with Gasteiger partial charge in [0.15, 0.2) is 11.7 Å². The highest BCUT2D eigenvalue weighted by atomic mass is 28.3. The highest BCUT2D eigenvalue weighted by molar-refractivity contribution is 6.77. The molecule has 1 amide bonds. The molecular weight excluding hydrogens is 506 g/mol. The number of carbonyl (C=O) groups is 2. The lowest BCUT2D eigenvalue weighted by molar-refractivity contribution is -0.370. The van der Waals surface area contributed by atoms with Gasteiger partial charge in [-0.1, -0.05) is 46.8 Å². The summed E-state index contributed by atoms with van der Waals surface area (Å²) in [6.07, 6.45) is 5.92. The van der Waals surface area contributed by atoms with Crippen molar-refractivity contribution in [2.75, 3.05) is 19.8 Å². The minimum Gasteiger partial charge on any atom is -0.481 e. The molecular formula is C28H51NO8Si. The van der Waals surface area contributed by atoms with Crippen molar-refractivity contribution in [2.45, 2.75) is 123 Å². The van der Waals surface area contributed by atoms with Crippen LogP contribution < -0.4 is 5.32 Å². The first-order valence-electron chi connectivity index (χ1n) is 14.4. The third-order valence-corrected chi connectivity index (χ3v) is 9.90. The predicted molar refractivity (Wildman–Crippen MR) is 146 cm³/mol. The Kier molecular flexibility index (Phi) is 10.5. The third kappa shape index (κ3) is 8.24. The number of hydrogen-bond donors (Lipinski definition) is 2. The van der Waals surface area contributed by atoms with Crippen molar-refractivity contribution in [3.05, 3.63) is 0 Å². The summed E-state index contributed by atoms with van der Waals surface area (Å²) >= 11 is 0. The average molecular weight is 558 g/mol. The van der Waals surface area contributed by atoms with E-state index in [0.717, 1.165) is 32.1 Å². The number of hydrogen-bond acceptors (Lipinski definition) is 7. The lowest BCUT2D eigenvalue weighted by atomic mass is 9.67. The normalized spacial score (nSPS) is 32.8. The smallest absolute Gasteiger partial charge is 0.303 e. The van der Waals surface area contributed by atoms with Gasteiger partial charge in [-0.3, -0.25) is 9.59 Å². The zero-order valence-electron chi connectivity index (χ0n) is 24.6. The Morgan fingerprint density at radius 2 is 1.71 bits per heavy atom. The molecule has 0 radical (unpaired) electrons. The molecule has 9 nitrogen and oxygen atoms in total. The largest absolute Gasteiger partial charge is 0.481 e. The second kappa shape index (κ2) is 12.6. The summed E-state index contributed by atoms with van der Waals surface area (Å²) in [7, 11) is -1.84. The molecule has 2 N–H and O–H groups in total. The molecule has 2 saturated heterocycles. The van der Waals surface area contributed by atoms with E-state index >= 15 is 0 Å². The van der Waals surface area contributed by atoms with E-state index < -0.39 is 31.5 Å². The maximum atomic E-state index is 13.0. The Balaban J connectivity index is 1.67. The summed E-state index contributed by atoms with van der Waals surface area (Å²) in [5, 5.41) is 11.8. The summed E-state index contributed by atoms with van der Waals surface area (Å²) in [5.41, 5.74) is 0.00362. The van der Waals surface area contributed by atoms with Crippen molar-refractivity contribution < 1.29 is 38.7 Å². The molecule has 0 bridgehead atoms. The second-order valence-corrected chi connectivity index (χ2v) is 19.0. The van der Waals surface area contributed by atoms with Crippen molar-refractivity contribution in [2.24, 2.45) is 23.2 Å². The minimum absolute atomic E-state index is 0.00362. The Labute approximate surface area is 229 Å². The Morgan fingerprint density at radius 3 is 2.32 bits per heavy atom. The SMILES string of the molecule is C[C@@H]1CC[C@@H](CC(=O)NCCCCCC(=O)O)C2(OOC([Si](C)(C)C)O2)[C@H]1CCC1(C)OCC(C)(C)CO1. The van der Waals surface area contributed by atoms with E-state index in [9.17, 15) is 9.59 Å². The molecule has 5 atom stereocenters. The van der Waals surface area contributed by atoms with E-state index in [1.807, 2.05) is 6.92 Å². The molecule has 1 saturated carbocycles. The number of carbonyl (C=O) groups excluding carboxylic acids is 1. The number of rotatable bonds is 12. The van der Waals surface area contributed by atoms with Gasteiger partial charge in [0.05, 0.1) is 13.2 Å². The third-order valence-electron chi connectivity index (χ3n) is 8.27. The fourth-order valence-electron chi connectivity index (χ4n) is 5.70. The second-order valence-electron chi connectivity index (χ2n) is 13.7. The average Bonchev–Trinajstić information content (AvgIpc) is 3.27. The number of aliphatic carboxylic acids is 1. The van der Waals surface area contributed by atoms with E-state index in [-0.39, 0.29) is 29.6 Å². The lowest BCUT2D eigenvalue weighted by Gasteiger charge is -2.48.